The number of aromatic nitrogens is 2. The monoisotopic (exact) mass is 528 g/mol. The van der Waals surface area contributed by atoms with Gasteiger partial charge in [0.2, 0.25) is 5.69 Å². The summed E-state index contributed by atoms with van der Waals surface area (Å²) in [6.07, 6.45) is 0. The summed E-state index contributed by atoms with van der Waals surface area (Å²) in [6.45, 7) is 1.61. The molecule has 0 aliphatic heterocycles. The van der Waals surface area contributed by atoms with Gasteiger partial charge in [-0.2, -0.15) is 18.2 Å². The Morgan fingerprint density at radius 2 is 1.76 bits per heavy atom. The first-order chi connectivity index (χ1) is 15.8. The number of fused-ring (bicyclic) bond motifs is 1. The van der Waals surface area contributed by atoms with Crippen LogP contribution in [0.1, 0.15) is 17.4 Å². The molecule has 0 fully saturated rings. The summed E-state index contributed by atoms with van der Waals surface area (Å²) >= 11 is 3.31. The maximum Gasteiger partial charge on any atom is 0.362 e. The topological polar surface area (TPSA) is 105 Å². The minimum atomic E-state index is -4.38. The van der Waals surface area contributed by atoms with E-state index in [9.17, 15) is 18.0 Å². The molecule has 0 aliphatic rings. The lowest BCUT2D eigenvalue weighted by molar-refractivity contribution is 0.0515. The average molecular weight is 529 g/mol. The average Bonchev–Trinajstić information content (AvgIpc) is 2.78. The first-order valence-corrected chi connectivity index (χ1v) is 12.0. The fourth-order valence-electron chi connectivity index (χ4n) is 3.13. The number of carbonyl (C=O) groups is 1. The van der Waals surface area contributed by atoms with Gasteiger partial charge in [0.15, 0.2) is 5.75 Å². The van der Waals surface area contributed by atoms with Crippen LogP contribution in [0.3, 0.4) is 0 Å². The number of hydrogen-bond acceptors (Lipinski definition) is 7. The van der Waals surface area contributed by atoms with Crippen LogP contribution in [0.4, 0.5) is 0 Å². The Hall–Kier alpha value is -3.50. The zero-order valence-corrected chi connectivity index (χ0v) is 19.7. The van der Waals surface area contributed by atoms with E-state index in [1.165, 1.54) is 12.1 Å². The Bertz CT molecular complexity index is 1530. The van der Waals surface area contributed by atoms with Gasteiger partial charge in [-0.1, -0.05) is 52.3 Å². The second-order valence-corrected chi connectivity index (χ2v) is 9.32. The highest BCUT2D eigenvalue weighted by atomic mass is 79.9. The number of nitrogens with zero attached hydrogens (tertiary/aromatic N) is 2. The van der Waals surface area contributed by atoms with Crippen LogP contribution in [0.15, 0.2) is 87.0 Å². The van der Waals surface area contributed by atoms with E-state index in [0.29, 0.717) is 15.5 Å². The number of halogens is 1. The number of hydrogen-bond donors (Lipinski definition) is 0. The van der Waals surface area contributed by atoms with Crippen molar-refractivity contribution in [2.75, 3.05) is 6.61 Å². The summed E-state index contributed by atoms with van der Waals surface area (Å²) in [4.78, 5) is 25.1. The van der Waals surface area contributed by atoms with Crippen LogP contribution in [0.2, 0.25) is 0 Å². The number of benzene rings is 3. The first-order valence-electron chi connectivity index (χ1n) is 9.79. The van der Waals surface area contributed by atoms with Gasteiger partial charge in [0, 0.05) is 4.47 Å². The van der Waals surface area contributed by atoms with Gasteiger partial charge in [0.1, 0.15) is 4.90 Å². The third kappa shape index (κ3) is 4.81. The third-order valence-electron chi connectivity index (χ3n) is 4.63. The van der Waals surface area contributed by atoms with Crippen molar-refractivity contribution in [1.29, 1.82) is 0 Å². The smallest absolute Gasteiger partial charge is 0.362 e. The highest BCUT2D eigenvalue weighted by Crippen LogP contribution is 2.25. The molecular formula is C23H17BrN2O6S. The van der Waals surface area contributed by atoms with Crippen LogP contribution < -0.4 is 9.74 Å². The van der Waals surface area contributed by atoms with Gasteiger partial charge < -0.3 is 8.92 Å². The zero-order valence-electron chi connectivity index (χ0n) is 17.3. The molecule has 1 heterocycles. The van der Waals surface area contributed by atoms with Crippen LogP contribution in [0, 0.1) is 0 Å². The van der Waals surface area contributed by atoms with Crippen molar-refractivity contribution >= 4 is 42.8 Å². The Morgan fingerprint density at radius 3 is 2.48 bits per heavy atom. The fraction of sp³-hybridized carbons (Fsp3) is 0.0870. The summed E-state index contributed by atoms with van der Waals surface area (Å²) < 4.78 is 37.8. The van der Waals surface area contributed by atoms with Crippen molar-refractivity contribution in [2.24, 2.45) is 0 Å². The molecule has 0 aliphatic carbocycles. The number of carbonyl (C=O) groups excluding carboxylic acids is 1. The van der Waals surface area contributed by atoms with E-state index in [2.05, 4.69) is 21.0 Å². The third-order valence-corrected chi connectivity index (χ3v) is 6.35. The van der Waals surface area contributed by atoms with Gasteiger partial charge in [0.25, 0.3) is 5.56 Å². The zero-order chi connectivity index (χ0) is 23.6. The maximum atomic E-state index is 13.0. The summed E-state index contributed by atoms with van der Waals surface area (Å²) in [7, 11) is -4.38. The largest absolute Gasteiger partial charge is 0.461 e. The van der Waals surface area contributed by atoms with Crippen molar-refractivity contribution in [1.82, 2.24) is 9.78 Å². The van der Waals surface area contributed by atoms with Gasteiger partial charge >= 0.3 is 16.1 Å². The molecule has 4 rings (SSSR count). The van der Waals surface area contributed by atoms with Gasteiger partial charge in [0.05, 0.1) is 18.4 Å². The number of esters is 1. The second kappa shape index (κ2) is 9.16. The van der Waals surface area contributed by atoms with Crippen LogP contribution in [0.5, 0.6) is 5.75 Å². The summed E-state index contributed by atoms with van der Waals surface area (Å²) in [5, 5.41) is 5.59. The Labute approximate surface area is 197 Å². The van der Waals surface area contributed by atoms with Gasteiger partial charge in [-0.3, -0.25) is 4.79 Å². The molecule has 4 aromatic rings. The second-order valence-electron chi connectivity index (χ2n) is 6.85. The van der Waals surface area contributed by atoms with Crippen LogP contribution >= 0.6 is 15.9 Å². The first kappa shape index (κ1) is 22.7. The molecular weight excluding hydrogens is 512 g/mol. The van der Waals surface area contributed by atoms with Crippen LogP contribution in [-0.2, 0) is 14.9 Å². The Balaban J connectivity index is 1.80. The SMILES string of the molecule is CCOC(=O)c1nn(-c2cccc(Br)c2)c(=O)cc1OS(=O)(=O)c1ccc2ccccc2c1. The van der Waals surface area contributed by atoms with E-state index in [1.54, 1.807) is 49.4 Å². The molecule has 0 bridgehead atoms. The van der Waals surface area contributed by atoms with E-state index in [4.69, 9.17) is 8.92 Å². The standard InChI is InChI=1S/C23H17BrN2O6S/c1-2-31-23(28)22-20(14-21(27)26(25-22)18-9-5-8-17(24)13-18)32-33(29,30)19-11-10-15-6-3-4-7-16(15)12-19/h3-14H,2H2,1H3. The van der Waals surface area contributed by atoms with Crippen molar-refractivity contribution in [2.45, 2.75) is 11.8 Å². The van der Waals surface area contributed by atoms with Gasteiger partial charge in [-0.05, 0) is 48.0 Å². The lowest BCUT2D eigenvalue weighted by Gasteiger charge is -2.13. The molecule has 0 saturated heterocycles. The highest BCUT2D eigenvalue weighted by Gasteiger charge is 2.25. The maximum absolute atomic E-state index is 13.0. The Kier molecular flexibility index (Phi) is 6.30. The summed E-state index contributed by atoms with van der Waals surface area (Å²) in [5.74, 6) is -1.44. The summed E-state index contributed by atoms with van der Waals surface area (Å²) in [5.41, 5.74) is -0.769. The molecule has 0 spiro atoms. The minimum absolute atomic E-state index is 0.0212. The normalized spacial score (nSPS) is 11.3. The molecule has 0 saturated carbocycles. The van der Waals surface area contributed by atoms with E-state index < -0.39 is 33.1 Å². The molecule has 0 N–H and O–H groups in total. The molecule has 168 valence electrons. The van der Waals surface area contributed by atoms with Crippen molar-refractivity contribution in [3.63, 3.8) is 0 Å². The van der Waals surface area contributed by atoms with Crippen molar-refractivity contribution < 1.29 is 22.1 Å². The van der Waals surface area contributed by atoms with Gasteiger partial charge in [-0.15, -0.1) is 0 Å². The fourth-order valence-corrected chi connectivity index (χ4v) is 4.48. The molecule has 0 atom stereocenters. The van der Waals surface area contributed by atoms with E-state index in [0.717, 1.165) is 16.1 Å². The summed E-state index contributed by atoms with van der Waals surface area (Å²) in [6, 6.07) is 19.3. The van der Waals surface area contributed by atoms with Gasteiger partial charge in [-0.25, -0.2) is 4.79 Å². The molecule has 1 aromatic heterocycles. The van der Waals surface area contributed by atoms with E-state index in [1.807, 2.05) is 12.1 Å². The number of ether oxygens (including phenoxy) is 1. The molecule has 3 aromatic carbocycles. The lowest BCUT2D eigenvalue weighted by atomic mass is 10.1. The van der Waals surface area contributed by atoms with Crippen LogP contribution in [-0.4, -0.2) is 30.8 Å². The number of rotatable bonds is 6. The highest BCUT2D eigenvalue weighted by molar-refractivity contribution is 9.10. The minimum Gasteiger partial charge on any atom is -0.461 e. The van der Waals surface area contributed by atoms with E-state index >= 15 is 0 Å². The predicted molar refractivity (Wildman–Crippen MR) is 125 cm³/mol. The molecule has 10 heteroatoms. The van der Waals surface area contributed by atoms with Crippen molar-refractivity contribution in [3.8, 4) is 11.4 Å². The molecule has 8 nitrogen and oxygen atoms in total. The quantitative estimate of drug-likeness (QED) is 0.274. The molecule has 33 heavy (non-hydrogen) atoms. The molecule has 0 radical (unpaired) electrons. The Morgan fingerprint density at radius 1 is 1.00 bits per heavy atom. The predicted octanol–water partition coefficient (Wildman–Crippen LogP) is 4.09. The van der Waals surface area contributed by atoms with Crippen molar-refractivity contribution in [3.05, 3.63) is 93.3 Å². The van der Waals surface area contributed by atoms with E-state index in [-0.39, 0.29) is 11.5 Å². The lowest BCUT2D eigenvalue weighted by Crippen LogP contribution is -2.26. The molecule has 0 amide bonds. The molecule has 0 unspecified atom stereocenters. The van der Waals surface area contributed by atoms with Crippen LogP contribution in [0.25, 0.3) is 16.5 Å².